The molecule has 11 nitrogen and oxygen atoms in total. The number of nitrogens with zero attached hydrogens (tertiary/aromatic N) is 4. The van der Waals surface area contributed by atoms with Gasteiger partial charge in [0.1, 0.15) is 13.4 Å². The molecule has 0 saturated carbocycles. The minimum Gasteiger partial charge on any atom is -0.454 e. The van der Waals surface area contributed by atoms with Crippen LogP contribution < -0.4 is 20.4 Å². The van der Waals surface area contributed by atoms with Crippen LogP contribution in [0.2, 0.25) is 0 Å². The van der Waals surface area contributed by atoms with Crippen LogP contribution in [0.4, 0.5) is 0 Å². The quantitative estimate of drug-likeness (QED) is 0.456. The molecule has 38 heavy (non-hydrogen) atoms. The van der Waals surface area contributed by atoms with E-state index in [1.807, 2.05) is 29.4 Å². The molecule has 1 atom stereocenters. The first kappa shape index (κ1) is 25.3. The summed E-state index contributed by atoms with van der Waals surface area (Å²) in [5.74, 6) is 1.08. The van der Waals surface area contributed by atoms with Crippen molar-refractivity contribution in [3.05, 3.63) is 23.9 Å². The van der Waals surface area contributed by atoms with Crippen molar-refractivity contribution in [3.8, 4) is 11.5 Å². The maximum Gasteiger partial charge on any atom is 0.254 e. The summed E-state index contributed by atoms with van der Waals surface area (Å²) in [6.45, 7) is 6.30. The van der Waals surface area contributed by atoms with Crippen LogP contribution in [0.5, 0.6) is 11.5 Å². The second kappa shape index (κ2) is 9.94. The number of nitrogens with one attached hydrogen (secondary N) is 2. The van der Waals surface area contributed by atoms with Crippen LogP contribution in [0.25, 0.3) is 11.2 Å². The lowest BCUT2D eigenvalue weighted by Gasteiger charge is -2.33. The molecular formula is C25H29BN6O5S. The fourth-order valence-corrected chi connectivity index (χ4v) is 5.92. The highest BCUT2D eigenvalue weighted by Crippen LogP contribution is 2.36. The first-order chi connectivity index (χ1) is 18.3. The summed E-state index contributed by atoms with van der Waals surface area (Å²) in [4.78, 5) is 27.7. The normalized spacial score (nSPS) is 20.9. The van der Waals surface area contributed by atoms with Gasteiger partial charge < -0.3 is 33.4 Å². The molecule has 2 fully saturated rings. The number of carbonyl (C=O) groups is 1. The van der Waals surface area contributed by atoms with Gasteiger partial charge in [-0.15, -0.1) is 0 Å². The molecule has 6 rings (SSSR count). The summed E-state index contributed by atoms with van der Waals surface area (Å²) in [5.41, 5.74) is 1.97. The van der Waals surface area contributed by atoms with Crippen molar-refractivity contribution in [2.75, 3.05) is 26.5 Å². The van der Waals surface area contributed by atoms with Gasteiger partial charge in [-0.05, 0) is 51.2 Å². The van der Waals surface area contributed by atoms with E-state index in [1.165, 1.54) is 11.8 Å². The summed E-state index contributed by atoms with van der Waals surface area (Å²) in [5, 5.41) is 8.88. The number of amides is 1. The van der Waals surface area contributed by atoms with Gasteiger partial charge in [-0.1, -0.05) is 17.2 Å². The third-order valence-electron chi connectivity index (χ3n) is 7.20. The zero-order chi connectivity index (χ0) is 26.4. The molecule has 1 amide bonds. The Bertz CT molecular complexity index is 1430. The van der Waals surface area contributed by atoms with E-state index in [4.69, 9.17) is 37.2 Å². The molecule has 3 aromatic rings. The molecule has 0 bridgehead atoms. The topological polar surface area (TPSA) is 128 Å². The fraction of sp³-hybridized carbons (Fsp3) is 0.520. The van der Waals surface area contributed by atoms with Gasteiger partial charge in [0.25, 0.3) is 5.91 Å². The Kier molecular flexibility index (Phi) is 6.61. The smallest absolute Gasteiger partial charge is 0.254 e. The van der Waals surface area contributed by atoms with Crippen molar-refractivity contribution in [2.24, 2.45) is 5.92 Å². The molecule has 3 aliphatic rings. The Morgan fingerprint density at radius 1 is 1.26 bits per heavy atom. The van der Waals surface area contributed by atoms with Gasteiger partial charge >= 0.3 is 0 Å². The molecular weight excluding hydrogens is 507 g/mol. The van der Waals surface area contributed by atoms with E-state index in [9.17, 15) is 4.79 Å². The molecule has 0 spiro atoms. The number of aryl methyl sites for hydroxylation is 1. The predicted octanol–water partition coefficient (Wildman–Crippen LogP) is 1.69. The number of hydrogen-bond acceptors (Lipinski definition) is 9. The highest BCUT2D eigenvalue weighted by Gasteiger charge is 2.39. The second-order valence-electron chi connectivity index (χ2n) is 10.2. The first-order valence-corrected chi connectivity index (χ1v) is 13.5. The lowest BCUT2D eigenvalue weighted by Crippen LogP contribution is -2.45. The number of aromatic nitrogens is 4. The number of likely N-dealkylation sites (tertiary alicyclic amines) is 1. The van der Waals surface area contributed by atoms with Gasteiger partial charge in [-0.25, -0.2) is 9.97 Å². The number of aromatic amines is 1. The highest BCUT2D eigenvalue weighted by atomic mass is 32.2. The number of carbonyl (C=O) groups excluding carboxylic acids is 1. The first-order valence-electron chi connectivity index (χ1n) is 12.7. The van der Waals surface area contributed by atoms with E-state index in [0.29, 0.717) is 58.9 Å². The third-order valence-corrected chi connectivity index (χ3v) is 8.16. The molecule has 2 aromatic heterocycles. The average molecular weight is 536 g/mol. The largest absolute Gasteiger partial charge is 0.454 e. The van der Waals surface area contributed by atoms with Gasteiger partial charge in [0.15, 0.2) is 39.7 Å². The van der Waals surface area contributed by atoms with Crippen LogP contribution in [0.3, 0.4) is 0 Å². The van der Waals surface area contributed by atoms with Crippen LogP contribution in [0, 0.1) is 11.3 Å². The van der Waals surface area contributed by atoms with Crippen molar-refractivity contribution in [2.45, 2.75) is 61.6 Å². The number of fused-ring (bicyclic) bond motifs is 2. The van der Waals surface area contributed by atoms with Gasteiger partial charge in [-0.3, -0.25) is 10.2 Å². The number of imidazole rings is 1. The van der Waals surface area contributed by atoms with E-state index in [0.717, 1.165) is 30.7 Å². The predicted molar refractivity (Wildman–Crippen MR) is 139 cm³/mol. The Morgan fingerprint density at radius 2 is 2.03 bits per heavy atom. The van der Waals surface area contributed by atoms with Gasteiger partial charge in [-0.2, -0.15) is 0 Å². The zero-order valence-electron chi connectivity index (χ0n) is 21.4. The highest BCUT2D eigenvalue weighted by molar-refractivity contribution is 7.99. The maximum absolute atomic E-state index is 12.8. The van der Waals surface area contributed by atoms with Gasteiger partial charge in [0.2, 0.25) is 6.79 Å². The van der Waals surface area contributed by atoms with Crippen LogP contribution in [-0.4, -0.2) is 76.6 Å². The Balaban J connectivity index is 1.09. The SMILES string of the molecule is [B]c1cc2c(cc1Sc1nc3c([nH]1)c(=N)ncn3CCC1CCN(C(=O)[C@@H]3COC(C)(C)O3)CC1)OCO2. The number of benzene rings is 1. The molecule has 2 saturated heterocycles. The van der Waals surface area contributed by atoms with E-state index in [1.54, 1.807) is 12.4 Å². The molecule has 1 aromatic carbocycles. The van der Waals surface area contributed by atoms with Gasteiger partial charge in [0.05, 0.1) is 12.9 Å². The monoisotopic (exact) mass is 536 g/mol. The average Bonchev–Trinajstić information content (AvgIpc) is 3.62. The van der Waals surface area contributed by atoms with Gasteiger partial charge in [0, 0.05) is 24.5 Å². The van der Waals surface area contributed by atoms with Crippen molar-refractivity contribution in [1.29, 1.82) is 5.41 Å². The van der Waals surface area contributed by atoms with Crippen LogP contribution in [-0.2, 0) is 20.8 Å². The Morgan fingerprint density at radius 3 is 2.76 bits per heavy atom. The van der Waals surface area contributed by atoms with Crippen molar-refractivity contribution in [1.82, 2.24) is 24.4 Å². The number of H-pyrrole nitrogens is 1. The van der Waals surface area contributed by atoms with Crippen LogP contribution >= 0.6 is 11.8 Å². The van der Waals surface area contributed by atoms with Crippen LogP contribution in [0.15, 0.2) is 28.5 Å². The number of piperidine rings is 1. The number of ether oxygens (including phenoxy) is 4. The molecule has 13 heteroatoms. The molecule has 2 N–H and O–H groups in total. The van der Waals surface area contributed by atoms with E-state index >= 15 is 0 Å². The van der Waals surface area contributed by atoms with Crippen molar-refractivity contribution in [3.63, 3.8) is 0 Å². The molecule has 0 aliphatic carbocycles. The molecule has 2 radical (unpaired) electrons. The number of rotatable bonds is 6. The maximum atomic E-state index is 12.8. The van der Waals surface area contributed by atoms with E-state index in [2.05, 4.69) is 9.97 Å². The second-order valence-corrected chi connectivity index (χ2v) is 11.3. The zero-order valence-corrected chi connectivity index (χ0v) is 22.2. The summed E-state index contributed by atoms with van der Waals surface area (Å²) >= 11 is 1.37. The van der Waals surface area contributed by atoms with Crippen molar-refractivity contribution < 1.29 is 23.7 Å². The minimum absolute atomic E-state index is 0.0185. The summed E-state index contributed by atoms with van der Waals surface area (Å²) < 4.78 is 24.1. The number of hydrogen-bond donors (Lipinski definition) is 2. The summed E-state index contributed by atoms with van der Waals surface area (Å²) in [6, 6.07) is 3.59. The van der Waals surface area contributed by atoms with Crippen molar-refractivity contribution >= 4 is 42.1 Å². The van der Waals surface area contributed by atoms with Crippen LogP contribution in [0.1, 0.15) is 33.1 Å². The fourth-order valence-electron chi connectivity index (χ4n) is 5.08. The summed E-state index contributed by atoms with van der Waals surface area (Å²) in [7, 11) is 6.21. The third kappa shape index (κ3) is 5.02. The Hall–Kier alpha value is -3.03. The van der Waals surface area contributed by atoms with E-state index in [-0.39, 0.29) is 18.2 Å². The summed E-state index contributed by atoms with van der Waals surface area (Å²) in [6.07, 6.45) is 3.95. The minimum atomic E-state index is -0.703. The standard InChI is InChI=1S/C25H29BN6O5S/c1-25(2)36-11-18(37-25)23(33)31-6-3-14(4-7-31)5-8-32-12-28-21(27)20-22(32)30-24(29-20)38-19-10-17-16(9-15(19)26)34-13-35-17/h9-10,12,14,18,27H,3-8,11,13H2,1-2H3,(H,29,30)/t18-/m0/s1. The molecule has 198 valence electrons. The molecule has 5 heterocycles. The lowest BCUT2D eigenvalue weighted by atomic mass is 9.93. The lowest BCUT2D eigenvalue weighted by molar-refractivity contribution is -0.161. The Labute approximate surface area is 225 Å². The van der Waals surface area contributed by atoms with E-state index < -0.39 is 11.9 Å². The molecule has 3 aliphatic heterocycles. The molecule has 0 unspecified atom stereocenters.